The third kappa shape index (κ3) is 3.82. The summed E-state index contributed by atoms with van der Waals surface area (Å²) in [4.78, 5) is 19.5. The minimum atomic E-state index is 0.156. The van der Waals surface area contributed by atoms with Gasteiger partial charge in [-0.05, 0) is 24.7 Å². The molecular formula is C15H25N3O. The number of amides is 1. The molecule has 19 heavy (non-hydrogen) atoms. The predicted octanol–water partition coefficient (Wildman–Crippen LogP) is 2.67. The lowest BCUT2D eigenvalue weighted by atomic mass is 9.68. The Morgan fingerprint density at radius 1 is 1.53 bits per heavy atom. The van der Waals surface area contributed by atoms with Gasteiger partial charge in [-0.3, -0.25) is 4.79 Å². The number of H-pyrrole nitrogens is 1. The fourth-order valence-corrected chi connectivity index (χ4v) is 3.01. The molecule has 2 N–H and O–H groups in total. The normalized spacial score (nSPS) is 22.1. The van der Waals surface area contributed by atoms with Gasteiger partial charge in [0.1, 0.15) is 5.82 Å². The second kappa shape index (κ2) is 6.22. The summed E-state index contributed by atoms with van der Waals surface area (Å²) in [5.74, 6) is 1.42. The molecule has 2 rings (SSSR count). The summed E-state index contributed by atoms with van der Waals surface area (Å²) in [6, 6.07) is 0. The molecule has 1 amide bonds. The molecule has 0 aliphatic heterocycles. The zero-order valence-electron chi connectivity index (χ0n) is 12.0. The van der Waals surface area contributed by atoms with Crippen LogP contribution in [0.15, 0.2) is 12.4 Å². The number of aromatic amines is 1. The van der Waals surface area contributed by atoms with Crippen molar-refractivity contribution in [3.05, 3.63) is 18.2 Å². The van der Waals surface area contributed by atoms with Gasteiger partial charge in [-0.25, -0.2) is 4.98 Å². The van der Waals surface area contributed by atoms with E-state index >= 15 is 0 Å². The summed E-state index contributed by atoms with van der Waals surface area (Å²) >= 11 is 0. The highest BCUT2D eigenvalue weighted by Crippen LogP contribution is 2.40. The lowest BCUT2D eigenvalue weighted by molar-refractivity contribution is -0.130. The molecule has 0 saturated heterocycles. The van der Waals surface area contributed by atoms with Gasteiger partial charge in [0.05, 0.1) is 0 Å². The quantitative estimate of drug-likeness (QED) is 0.802. The van der Waals surface area contributed by atoms with Crippen molar-refractivity contribution in [2.45, 2.75) is 52.4 Å². The molecule has 0 radical (unpaired) electrons. The molecule has 4 nitrogen and oxygen atoms in total. The molecule has 1 saturated carbocycles. The van der Waals surface area contributed by atoms with E-state index in [0.29, 0.717) is 0 Å². The Bertz CT molecular complexity index is 398. The van der Waals surface area contributed by atoms with Gasteiger partial charge >= 0.3 is 0 Å². The summed E-state index contributed by atoms with van der Waals surface area (Å²) in [5.41, 5.74) is 0.156. The minimum Gasteiger partial charge on any atom is -0.356 e. The zero-order valence-corrected chi connectivity index (χ0v) is 12.0. The number of hydrogen-bond donors (Lipinski definition) is 2. The van der Waals surface area contributed by atoms with E-state index in [1.54, 1.807) is 6.20 Å². The number of aryl methyl sites for hydroxylation is 1. The molecule has 1 heterocycles. The highest BCUT2D eigenvalue weighted by atomic mass is 16.1. The Morgan fingerprint density at radius 2 is 2.37 bits per heavy atom. The van der Waals surface area contributed by atoms with Crippen LogP contribution in [0.4, 0.5) is 0 Å². The first kappa shape index (κ1) is 14.1. The first-order valence-electron chi connectivity index (χ1n) is 7.35. The summed E-state index contributed by atoms with van der Waals surface area (Å²) in [7, 11) is 0. The van der Waals surface area contributed by atoms with Crippen LogP contribution < -0.4 is 5.32 Å². The van der Waals surface area contributed by atoms with E-state index in [9.17, 15) is 4.79 Å². The average Bonchev–Trinajstić information content (AvgIpc) is 2.87. The van der Waals surface area contributed by atoms with Crippen molar-refractivity contribution >= 4 is 5.91 Å². The van der Waals surface area contributed by atoms with Crippen LogP contribution in [-0.2, 0) is 11.2 Å². The highest BCUT2D eigenvalue weighted by Gasteiger charge is 2.36. The smallest absolute Gasteiger partial charge is 0.223 e. The van der Waals surface area contributed by atoms with Crippen LogP contribution in [0.25, 0.3) is 0 Å². The third-order valence-electron chi connectivity index (χ3n) is 4.27. The van der Waals surface area contributed by atoms with Crippen molar-refractivity contribution in [1.82, 2.24) is 15.3 Å². The topological polar surface area (TPSA) is 57.8 Å². The van der Waals surface area contributed by atoms with Crippen LogP contribution in [0.3, 0.4) is 0 Å². The standard InChI is InChI=1S/C15H25N3O/c1-15(2)8-4-3-6-12(15)14(19)18-9-5-7-13-16-10-11-17-13/h10-12H,3-9H2,1-2H3,(H,16,17)(H,18,19). The Kier molecular flexibility index (Phi) is 4.61. The molecule has 1 aliphatic rings. The number of hydrogen-bond acceptors (Lipinski definition) is 2. The van der Waals surface area contributed by atoms with Crippen molar-refractivity contribution in [1.29, 1.82) is 0 Å². The minimum absolute atomic E-state index is 0.156. The van der Waals surface area contributed by atoms with Gasteiger partial charge in [0.2, 0.25) is 5.91 Å². The molecule has 1 aliphatic carbocycles. The van der Waals surface area contributed by atoms with E-state index in [0.717, 1.165) is 38.1 Å². The van der Waals surface area contributed by atoms with Crippen molar-refractivity contribution in [2.75, 3.05) is 6.54 Å². The van der Waals surface area contributed by atoms with Crippen LogP contribution in [0.1, 0.15) is 51.8 Å². The Hall–Kier alpha value is -1.32. The van der Waals surface area contributed by atoms with E-state index < -0.39 is 0 Å². The number of imidazole rings is 1. The molecular weight excluding hydrogens is 238 g/mol. The van der Waals surface area contributed by atoms with Crippen LogP contribution >= 0.6 is 0 Å². The SMILES string of the molecule is CC1(C)CCCCC1C(=O)NCCCc1ncc[nH]1. The molecule has 0 bridgehead atoms. The van der Waals surface area contributed by atoms with Gasteiger partial charge in [0, 0.05) is 31.3 Å². The number of nitrogens with zero attached hydrogens (tertiary/aromatic N) is 1. The molecule has 1 aromatic heterocycles. The lowest BCUT2D eigenvalue weighted by Gasteiger charge is -2.37. The average molecular weight is 263 g/mol. The van der Waals surface area contributed by atoms with Crippen molar-refractivity contribution in [3.63, 3.8) is 0 Å². The summed E-state index contributed by atoms with van der Waals surface area (Å²) < 4.78 is 0. The van der Waals surface area contributed by atoms with Crippen LogP contribution in [0, 0.1) is 11.3 Å². The van der Waals surface area contributed by atoms with Crippen LogP contribution in [0.2, 0.25) is 0 Å². The maximum absolute atomic E-state index is 12.2. The fourth-order valence-electron chi connectivity index (χ4n) is 3.01. The van der Waals surface area contributed by atoms with Crippen molar-refractivity contribution in [3.8, 4) is 0 Å². The molecule has 1 unspecified atom stereocenters. The molecule has 1 aromatic rings. The van der Waals surface area contributed by atoms with Crippen molar-refractivity contribution < 1.29 is 4.79 Å². The van der Waals surface area contributed by atoms with Crippen molar-refractivity contribution in [2.24, 2.45) is 11.3 Å². The molecule has 0 spiro atoms. The monoisotopic (exact) mass is 263 g/mol. The predicted molar refractivity (Wildman–Crippen MR) is 75.7 cm³/mol. The maximum atomic E-state index is 12.2. The Balaban J connectivity index is 1.71. The first-order valence-corrected chi connectivity index (χ1v) is 7.35. The fraction of sp³-hybridized carbons (Fsp3) is 0.733. The number of nitrogens with one attached hydrogen (secondary N) is 2. The van der Waals surface area contributed by atoms with E-state index in [1.807, 2.05) is 6.20 Å². The van der Waals surface area contributed by atoms with E-state index in [2.05, 4.69) is 29.1 Å². The summed E-state index contributed by atoms with van der Waals surface area (Å²) in [5, 5.41) is 3.09. The highest BCUT2D eigenvalue weighted by molar-refractivity contribution is 5.79. The van der Waals surface area contributed by atoms with Crippen LogP contribution in [0.5, 0.6) is 0 Å². The van der Waals surface area contributed by atoms with Gasteiger partial charge < -0.3 is 10.3 Å². The largest absolute Gasteiger partial charge is 0.356 e. The maximum Gasteiger partial charge on any atom is 0.223 e. The first-order chi connectivity index (χ1) is 9.09. The number of carbonyl (C=O) groups is 1. The van der Waals surface area contributed by atoms with E-state index in [4.69, 9.17) is 0 Å². The number of carbonyl (C=O) groups excluding carboxylic acids is 1. The molecule has 106 valence electrons. The van der Waals surface area contributed by atoms with E-state index in [-0.39, 0.29) is 17.2 Å². The summed E-state index contributed by atoms with van der Waals surface area (Å²) in [6.45, 7) is 5.19. The molecule has 4 heteroatoms. The molecule has 0 aromatic carbocycles. The number of aromatic nitrogens is 2. The second-order valence-electron chi connectivity index (χ2n) is 6.22. The Labute approximate surface area is 115 Å². The lowest BCUT2D eigenvalue weighted by Crippen LogP contribution is -2.41. The van der Waals surface area contributed by atoms with Gasteiger partial charge in [-0.2, -0.15) is 0 Å². The van der Waals surface area contributed by atoms with Gasteiger partial charge in [0.15, 0.2) is 0 Å². The van der Waals surface area contributed by atoms with Gasteiger partial charge in [-0.1, -0.05) is 26.7 Å². The van der Waals surface area contributed by atoms with E-state index in [1.165, 1.54) is 12.8 Å². The molecule has 1 fully saturated rings. The molecule has 1 atom stereocenters. The number of rotatable bonds is 5. The van der Waals surface area contributed by atoms with Gasteiger partial charge in [-0.15, -0.1) is 0 Å². The second-order valence-corrected chi connectivity index (χ2v) is 6.22. The van der Waals surface area contributed by atoms with Crippen LogP contribution in [-0.4, -0.2) is 22.4 Å². The Morgan fingerprint density at radius 3 is 3.05 bits per heavy atom. The zero-order chi connectivity index (χ0) is 13.7. The summed E-state index contributed by atoms with van der Waals surface area (Å²) in [6.07, 6.45) is 10.1. The third-order valence-corrected chi connectivity index (χ3v) is 4.27. The van der Waals surface area contributed by atoms with Gasteiger partial charge in [0.25, 0.3) is 0 Å².